The van der Waals surface area contributed by atoms with Gasteiger partial charge in [0.05, 0.1) is 24.0 Å². The van der Waals surface area contributed by atoms with Crippen molar-refractivity contribution in [3.63, 3.8) is 0 Å². The number of amides is 2. The molecular formula is C21H32N2O3. The van der Waals surface area contributed by atoms with Crippen LogP contribution in [-0.2, 0) is 14.3 Å². The normalized spacial score (nSPS) is 34.7. The molecular weight excluding hydrogens is 328 g/mol. The summed E-state index contributed by atoms with van der Waals surface area (Å²) in [5.74, 6) is 1.84. The van der Waals surface area contributed by atoms with Gasteiger partial charge in [0.2, 0.25) is 11.8 Å². The molecule has 0 aromatic rings. The minimum atomic E-state index is -0.461. The summed E-state index contributed by atoms with van der Waals surface area (Å²) >= 11 is 0. The van der Waals surface area contributed by atoms with Gasteiger partial charge in [-0.05, 0) is 70.1 Å². The highest BCUT2D eigenvalue weighted by molar-refractivity contribution is 5.86. The second-order valence-electron chi connectivity index (χ2n) is 9.92. The van der Waals surface area contributed by atoms with E-state index in [9.17, 15) is 9.59 Å². The van der Waals surface area contributed by atoms with Crippen molar-refractivity contribution in [2.24, 2.45) is 22.7 Å². The molecule has 4 aliphatic carbocycles. The van der Waals surface area contributed by atoms with E-state index in [0.29, 0.717) is 44.0 Å². The minimum absolute atomic E-state index is 0.0243. The van der Waals surface area contributed by atoms with Crippen molar-refractivity contribution in [3.8, 4) is 0 Å². The fourth-order valence-corrected chi connectivity index (χ4v) is 5.55. The van der Waals surface area contributed by atoms with Crippen molar-refractivity contribution < 1.29 is 14.3 Å². The molecule has 144 valence electrons. The van der Waals surface area contributed by atoms with E-state index in [4.69, 9.17) is 4.74 Å². The molecule has 0 aromatic heterocycles. The van der Waals surface area contributed by atoms with E-state index in [-0.39, 0.29) is 16.7 Å². The lowest BCUT2D eigenvalue weighted by atomic mass is 9.64. The number of ether oxygens (including phenoxy) is 1. The summed E-state index contributed by atoms with van der Waals surface area (Å²) in [5, 5.41) is 3.20. The number of carbonyl (C=O) groups is 2. The van der Waals surface area contributed by atoms with Crippen LogP contribution in [0.25, 0.3) is 0 Å². The third kappa shape index (κ3) is 2.69. The molecule has 0 radical (unpaired) electrons. The molecule has 5 nitrogen and oxygen atoms in total. The summed E-state index contributed by atoms with van der Waals surface area (Å²) in [4.78, 5) is 28.0. The Morgan fingerprint density at radius 1 is 1.04 bits per heavy atom. The summed E-state index contributed by atoms with van der Waals surface area (Å²) in [6.45, 7) is 4.45. The first-order chi connectivity index (χ1) is 12.5. The third-order valence-corrected chi connectivity index (χ3v) is 7.88. The first kappa shape index (κ1) is 17.0. The molecule has 1 unspecified atom stereocenters. The minimum Gasteiger partial charge on any atom is -0.370 e. The van der Waals surface area contributed by atoms with E-state index in [0.717, 1.165) is 25.7 Å². The fourth-order valence-electron chi connectivity index (χ4n) is 5.55. The zero-order valence-electron chi connectivity index (χ0n) is 16.0. The van der Waals surface area contributed by atoms with Crippen LogP contribution in [0, 0.1) is 22.7 Å². The Hall–Kier alpha value is -1.10. The summed E-state index contributed by atoms with van der Waals surface area (Å²) in [7, 11) is 0. The van der Waals surface area contributed by atoms with Crippen molar-refractivity contribution in [2.45, 2.75) is 70.3 Å². The van der Waals surface area contributed by atoms with Gasteiger partial charge >= 0.3 is 0 Å². The first-order valence-electron chi connectivity index (χ1n) is 10.7. The van der Waals surface area contributed by atoms with E-state index in [2.05, 4.69) is 5.32 Å². The van der Waals surface area contributed by atoms with Crippen LogP contribution in [0.1, 0.15) is 64.7 Å². The first-order valence-corrected chi connectivity index (χ1v) is 10.7. The van der Waals surface area contributed by atoms with Crippen molar-refractivity contribution >= 4 is 11.8 Å². The summed E-state index contributed by atoms with van der Waals surface area (Å²) < 4.78 is 6.04. The zero-order valence-corrected chi connectivity index (χ0v) is 16.0. The molecule has 1 heterocycles. The number of rotatable bonds is 6. The fraction of sp³-hybridized carbons (Fsp3) is 0.905. The molecule has 1 N–H and O–H groups in total. The Kier molecular flexibility index (Phi) is 3.73. The van der Waals surface area contributed by atoms with Crippen LogP contribution in [0.15, 0.2) is 0 Å². The second kappa shape index (κ2) is 5.70. The maximum Gasteiger partial charge on any atom is 0.229 e. The lowest BCUT2D eigenvalue weighted by Gasteiger charge is -2.44. The molecule has 5 aliphatic rings. The number of hydrogen-bond acceptors (Lipinski definition) is 3. The molecule has 1 aliphatic heterocycles. The summed E-state index contributed by atoms with van der Waals surface area (Å²) in [6, 6.07) is 0. The molecule has 1 atom stereocenters. The molecule has 5 fully saturated rings. The molecule has 5 heteroatoms. The highest BCUT2D eigenvalue weighted by Gasteiger charge is 2.61. The van der Waals surface area contributed by atoms with Crippen LogP contribution in [0.2, 0.25) is 0 Å². The molecule has 4 saturated carbocycles. The Morgan fingerprint density at radius 3 is 2.23 bits per heavy atom. The molecule has 1 saturated heterocycles. The molecule has 26 heavy (non-hydrogen) atoms. The van der Waals surface area contributed by atoms with Crippen molar-refractivity contribution in [1.29, 1.82) is 0 Å². The highest BCUT2D eigenvalue weighted by atomic mass is 16.5. The second-order valence-corrected chi connectivity index (χ2v) is 9.92. The van der Waals surface area contributed by atoms with Crippen LogP contribution in [0.3, 0.4) is 0 Å². The maximum absolute atomic E-state index is 13.1. The van der Waals surface area contributed by atoms with E-state index >= 15 is 0 Å². The van der Waals surface area contributed by atoms with Crippen LogP contribution >= 0.6 is 0 Å². The predicted octanol–water partition coefficient (Wildman–Crippen LogP) is 2.49. The Balaban J connectivity index is 1.20. The third-order valence-electron chi connectivity index (χ3n) is 7.88. The topological polar surface area (TPSA) is 58.6 Å². The smallest absolute Gasteiger partial charge is 0.229 e. The lowest BCUT2D eigenvalue weighted by molar-refractivity contribution is -0.155. The molecule has 5 rings (SSSR count). The van der Waals surface area contributed by atoms with E-state index in [1.165, 1.54) is 32.1 Å². The lowest BCUT2D eigenvalue weighted by Crippen LogP contribution is -2.59. The van der Waals surface area contributed by atoms with Crippen molar-refractivity contribution in [2.75, 3.05) is 26.2 Å². The molecule has 0 spiro atoms. The van der Waals surface area contributed by atoms with Crippen molar-refractivity contribution in [3.05, 3.63) is 0 Å². The molecule has 2 amide bonds. The maximum atomic E-state index is 13.1. The largest absolute Gasteiger partial charge is 0.370 e. The number of morpholine rings is 1. The Morgan fingerprint density at radius 2 is 1.69 bits per heavy atom. The van der Waals surface area contributed by atoms with Gasteiger partial charge in [-0.15, -0.1) is 0 Å². The Labute approximate surface area is 156 Å². The molecule has 0 bridgehead atoms. The van der Waals surface area contributed by atoms with Crippen LogP contribution < -0.4 is 5.32 Å². The Bertz CT molecular complexity index is 617. The average Bonchev–Trinajstić information content (AvgIpc) is 3.45. The van der Waals surface area contributed by atoms with Crippen molar-refractivity contribution in [1.82, 2.24) is 10.2 Å². The number of carbonyl (C=O) groups excluding carboxylic acids is 2. The molecule has 0 aromatic carbocycles. The number of hydrogen-bond donors (Lipinski definition) is 1. The van der Waals surface area contributed by atoms with E-state index in [1.54, 1.807) is 0 Å². The van der Waals surface area contributed by atoms with Crippen LogP contribution in [-0.4, -0.2) is 48.6 Å². The zero-order chi connectivity index (χ0) is 18.0. The van der Waals surface area contributed by atoms with Gasteiger partial charge in [0.25, 0.3) is 0 Å². The van der Waals surface area contributed by atoms with Gasteiger partial charge < -0.3 is 15.0 Å². The van der Waals surface area contributed by atoms with Gasteiger partial charge in [0.15, 0.2) is 0 Å². The van der Waals surface area contributed by atoms with Crippen LogP contribution in [0.4, 0.5) is 0 Å². The number of nitrogens with one attached hydrogen (secondary N) is 1. The van der Waals surface area contributed by atoms with Gasteiger partial charge in [-0.25, -0.2) is 0 Å². The quantitative estimate of drug-likeness (QED) is 0.792. The van der Waals surface area contributed by atoms with Crippen LogP contribution in [0.5, 0.6) is 0 Å². The van der Waals surface area contributed by atoms with Gasteiger partial charge in [0.1, 0.15) is 5.60 Å². The van der Waals surface area contributed by atoms with Gasteiger partial charge in [0, 0.05) is 13.1 Å². The predicted molar refractivity (Wildman–Crippen MR) is 97.3 cm³/mol. The summed E-state index contributed by atoms with van der Waals surface area (Å²) in [6.07, 6.45) is 10.3. The standard InChI is InChI=1S/C21H32N2O3/c1-19(13-22-17(24)20(7-2-8-20)15-3-4-15)14-23(11-12-26-19)18(25)21(9-10-21)16-5-6-16/h15-16H,2-14H2,1H3,(H,22,24). The van der Waals surface area contributed by atoms with Gasteiger partial charge in [-0.3, -0.25) is 9.59 Å². The summed E-state index contributed by atoms with van der Waals surface area (Å²) in [5.41, 5.74) is -0.564. The van der Waals surface area contributed by atoms with E-state index < -0.39 is 5.60 Å². The highest BCUT2D eigenvalue weighted by Crippen LogP contribution is 2.62. The van der Waals surface area contributed by atoms with Gasteiger partial charge in [-0.1, -0.05) is 6.42 Å². The monoisotopic (exact) mass is 360 g/mol. The SMILES string of the molecule is CC1(CNC(=O)C2(C3CC3)CCC2)CN(C(=O)C2(C3CC3)CC2)CCO1. The van der Waals surface area contributed by atoms with E-state index in [1.807, 2.05) is 11.8 Å². The van der Waals surface area contributed by atoms with Gasteiger partial charge in [-0.2, -0.15) is 0 Å². The average molecular weight is 360 g/mol. The number of nitrogens with zero attached hydrogens (tertiary/aromatic N) is 1.